The third-order valence-corrected chi connectivity index (χ3v) is 6.25. The molecule has 2 fully saturated rings. The van der Waals surface area contributed by atoms with E-state index in [1.165, 1.54) is 36.1 Å². The maximum atomic E-state index is 12.5. The number of non-ortho nitro benzene ring substituents is 1. The molecule has 164 valence electrons. The topological polar surface area (TPSA) is 165 Å². The third-order valence-electron chi connectivity index (χ3n) is 6.25. The first kappa shape index (κ1) is 24.2. The quantitative estimate of drug-likeness (QED) is 0.187. The van der Waals surface area contributed by atoms with Crippen LogP contribution in [0.15, 0.2) is 35.5 Å². The van der Waals surface area contributed by atoms with Crippen molar-refractivity contribution in [3.8, 4) is 0 Å². The van der Waals surface area contributed by atoms with E-state index in [4.69, 9.17) is 0 Å². The number of amides is 3. The summed E-state index contributed by atoms with van der Waals surface area (Å²) in [4.78, 5) is 48.3. The predicted molar refractivity (Wildman–Crippen MR) is 104 cm³/mol. The Balaban J connectivity index is 0.00000289. The van der Waals surface area contributed by atoms with E-state index in [0.29, 0.717) is 30.5 Å². The van der Waals surface area contributed by atoms with Crippen LogP contribution in [0.1, 0.15) is 26.2 Å². The van der Waals surface area contributed by atoms with Gasteiger partial charge in [0.15, 0.2) is 0 Å². The van der Waals surface area contributed by atoms with Crippen LogP contribution in [-0.2, 0) is 9.59 Å². The number of benzene rings is 1. The van der Waals surface area contributed by atoms with E-state index in [1.807, 2.05) is 0 Å². The number of β-lactam (4-membered cyclic amide) rings is 1. The molecule has 2 heterocycles. The molecule has 3 N–H and O–H groups in total. The van der Waals surface area contributed by atoms with Gasteiger partial charge in [-0.2, -0.15) is 0 Å². The Labute approximate surface area is 205 Å². The molecule has 3 amide bonds. The fourth-order valence-corrected chi connectivity index (χ4v) is 5.02. The average Bonchev–Trinajstić information content (AvgIpc) is 2.99. The molecule has 11 nitrogen and oxygen atoms in total. The van der Waals surface area contributed by atoms with Crippen molar-refractivity contribution in [2.24, 2.45) is 11.8 Å². The Bertz CT molecular complexity index is 994. The number of nitro groups is 1. The second kappa shape index (κ2) is 9.18. The molecule has 2 aliphatic heterocycles. The number of aliphatic carboxylic acids is 1. The van der Waals surface area contributed by atoms with Crippen molar-refractivity contribution in [1.29, 1.82) is 0 Å². The Morgan fingerprint density at radius 2 is 1.91 bits per heavy atom. The summed E-state index contributed by atoms with van der Waals surface area (Å²) in [5, 5.41) is 37.9. The second-order valence-corrected chi connectivity index (χ2v) is 8.05. The Kier molecular flexibility index (Phi) is 6.94. The van der Waals surface area contributed by atoms with Crippen LogP contribution in [0.25, 0.3) is 0 Å². The molecule has 0 aromatic heterocycles. The van der Waals surface area contributed by atoms with Gasteiger partial charge in [0.2, 0.25) is 5.91 Å². The van der Waals surface area contributed by atoms with Crippen molar-refractivity contribution in [1.82, 2.24) is 10.2 Å². The van der Waals surface area contributed by atoms with Crippen molar-refractivity contribution < 1.29 is 59.1 Å². The molecule has 0 radical (unpaired) electrons. The van der Waals surface area contributed by atoms with Gasteiger partial charge in [-0.05, 0) is 37.5 Å². The number of carboxylic acid groups (broad SMARTS) is 1. The molecule has 32 heavy (non-hydrogen) atoms. The van der Waals surface area contributed by atoms with E-state index in [2.05, 4.69) is 10.6 Å². The standard InChI is InChI=1S/C20H22N4O7.Na/c1-9(25)14-16-12-3-2-4-13(15(12)17(19(27)28)23(16)18(14)26)22-20(29)21-10-5-7-11(8-6-10)24(30)31;/h5-9,12-14,16,25H,2-4H2,1H3,(H,27,28)(H2,21,22,29);/q;+1/p-1/t9?,12-,13-,14+,16+;/m0./s1. The minimum absolute atomic E-state index is 0. The monoisotopic (exact) mass is 452 g/mol. The Morgan fingerprint density at radius 1 is 1.25 bits per heavy atom. The molecule has 1 aromatic carbocycles. The van der Waals surface area contributed by atoms with Crippen LogP contribution >= 0.6 is 0 Å². The van der Waals surface area contributed by atoms with Gasteiger partial charge in [0.05, 0.1) is 40.7 Å². The van der Waals surface area contributed by atoms with Crippen molar-refractivity contribution >= 4 is 29.3 Å². The van der Waals surface area contributed by atoms with Gasteiger partial charge >= 0.3 is 35.6 Å². The summed E-state index contributed by atoms with van der Waals surface area (Å²) in [6.07, 6.45) is 0.938. The van der Waals surface area contributed by atoms with Crippen LogP contribution in [0.3, 0.4) is 0 Å². The number of nitrogens with zero attached hydrogens (tertiary/aromatic N) is 2. The molecule has 12 heteroatoms. The number of carboxylic acids is 1. The first-order chi connectivity index (χ1) is 14.7. The Hall–Kier alpha value is -2.47. The van der Waals surface area contributed by atoms with Gasteiger partial charge in [-0.15, -0.1) is 0 Å². The minimum Gasteiger partial charge on any atom is -0.543 e. The van der Waals surface area contributed by atoms with Crippen LogP contribution in [0, 0.1) is 22.0 Å². The SMILES string of the molecule is CC(O)[C@H]1C(=O)N2C(C(=O)[O-])=C3[C@@H](NC(=O)Nc4ccc([N+](=O)[O-])cc4)CCC[C@@H]3[C@H]12.[Na+]. The third kappa shape index (κ3) is 4.01. The number of aliphatic hydroxyl groups excluding tert-OH is 1. The summed E-state index contributed by atoms with van der Waals surface area (Å²) in [5.41, 5.74) is 0.464. The molecule has 1 aliphatic carbocycles. The molecule has 3 aliphatic rings. The van der Waals surface area contributed by atoms with Crippen LogP contribution < -0.4 is 45.3 Å². The molecule has 0 bridgehead atoms. The minimum atomic E-state index is -1.48. The first-order valence-electron chi connectivity index (χ1n) is 9.99. The molecule has 4 rings (SSSR count). The van der Waals surface area contributed by atoms with Gasteiger partial charge in [0.1, 0.15) is 0 Å². The first-order valence-corrected chi connectivity index (χ1v) is 9.99. The fraction of sp³-hybridized carbons (Fsp3) is 0.450. The van der Waals surface area contributed by atoms with Crippen LogP contribution in [0.4, 0.5) is 16.2 Å². The summed E-state index contributed by atoms with van der Waals surface area (Å²) >= 11 is 0. The number of carbonyl (C=O) groups excluding carboxylic acids is 3. The van der Waals surface area contributed by atoms with E-state index < -0.39 is 46.9 Å². The number of urea groups is 1. The number of fused-ring (bicyclic) bond motifs is 3. The number of anilines is 1. The smallest absolute Gasteiger partial charge is 0.543 e. The van der Waals surface area contributed by atoms with Crippen molar-refractivity contribution in [2.75, 3.05) is 5.32 Å². The van der Waals surface area contributed by atoms with E-state index >= 15 is 0 Å². The van der Waals surface area contributed by atoms with E-state index in [-0.39, 0.29) is 46.9 Å². The number of hydrogen-bond acceptors (Lipinski definition) is 7. The van der Waals surface area contributed by atoms with Crippen LogP contribution in [-0.4, -0.2) is 51.0 Å². The van der Waals surface area contributed by atoms with E-state index in [9.17, 15) is 34.7 Å². The zero-order valence-corrected chi connectivity index (χ0v) is 19.6. The van der Waals surface area contributed by atoms with Gasteiger partial charge in [-0.3, -0.25) is 14.9 Å². The number of aliphatic hydroxyl groups is 1. The van der Waals surface area contributed by atoms with E-state index in [0.717, 1.165) is 0 Å². The molecular weight excluding hydrogens is 431 g/mol. The zero-order valence-electron chi connectivity index (χ0n) is 17.6. The van der Waals surface area contributed by atoms with Crippen molar-refractivity contribution in [3.63, 3.8) is 0 Å². The number of rotatable bonds is 5. The summed E-state index contributed by atoms with van der Waals surface area (Å²) in [5.74, 6) is -2.88. The van der Waals surface area contributed by atoms with E-state index in [1.54, 1.807) is 0 Å². The van der Waals surface area contributed by atoms with Crippen molar-refractivity contribution in [2.45, 2.75) is 44.4 Å². The van der Waals surface area contributed by atoms with Crippen LogP contribution in [0.2, 0.25) is 0 Å². The summed E-state index contributed by atoms with van der Waals surface area (Å²) < 4.78 is 0. The second-order valence-electron chi connectivity index (χ2n) is 8.05. The van der Waals surface area contributed by atoms with Gasteiger partial charge in [0.25, 0.3) is 5.69 Å². The van der Waals surface area contributed by atoms with Crippen molar-refractivity contribution in [3.05, 3.63) is 45.6 Å². The molecule has 1 saturated carbocycles. The average molecular weight is 452 g/mol. The summed E-state index contributed by atoms with van der Waals surface area (Å²) in [6.45, 7) is 1.51. The fourth-order valence-electron chi connectivity index (χ4n) is 5.02. The molecule has 0 spiro atoms. The van der Waals surface area contributed by atoms with Gasteiger partial charge in [-0.1, -0.05) is 6.42 Å². The number of nitrogens with one attached hydrogen (secondary N) is 2. The maximum absolute atomic E-state index is 12.5. The summed E-state index contributed by atoms with van der Waals surface area (Å²) in [7, 11) is 0. The molecular formula is C20H21N4NaO7. The molecule has 1 saturated heterocycles. The molecule has 1 aromatic rings. The number of carbonyl (C=O) groups is 3. The molecule has 1 unspecified atom stereocenters. The predicted octanol–water partition coefficient (Wildman–Crippen LogP) is -2.89. The van der Waals surface area contributed by atoms with Gasteiger partial charge in [-0.25, -0.2) is 4.79 Å². The van der Waals surface area contributed by atoms with Crippen LogP contribution in [0.5, 0.6) is 0 Å². The Morgan fingerprint density at radius 3 is 2.47 bits per heavy atom. The largest absolute Gasteiger partial charge is 1.00 e. The maximum Gasteiger partial charge on any atom is 1.00 e. The number of nitro benzene ring substituents is 1. The number of hydrogen-bond donors (Lipinski definition) is 3. The van der Waals surface area contributed by atoms with Gasteiger partial charge < -0.3 is 30.5 Å². The van der Waals surface area contributed by atoms with Gasteiger partial charge in [0, 0.05) is 23.7 Å². The normalized spacial score (nSPS) is 26.8. The zero-order chi connectivity index (χ0) is 22.4. The summed E-state index contributed by atoms with van der Waals surface area (Å²) in [6, 6.07) is 3.63. The molecule has 5 atom stereocenters.